The number of rotatable bonds is 0. The second kappa shape index (κ2) is 3.36. The van der Waals surface area contributed by atoms with Gasteiger partial charge in [-0.1, -0.05) is 29.8 Å². The molecule has 0 spiro atoms. The van der Waals surface area contributed by atoms with Gasteiger partial charge in [0.25, 0.3) is 0 Å². The molecule has 0 radical (unpaired) electrons. The molecule has 0 N–H and O–H groups in total. The maximum atomic E-state index is 2.33. The van der Waals surface area contributed by atoms with Crippen LogP contribution in [0.15, 0.2) is 30.3 Å². The van der Waals surface area contributed by atoms with E-state index in [4.69, 9.17) is 0 Å². The lowest BCUT2D eigenvalue weighted by Crippen LogP contribution is -1.91. The summed E-state index contributed by atoms with van der Waals surface area (Å²) in [7, 11) is 2.17. The summed E-state index contributed by atoms with van der Waals surface area (Å²) in [5.41, 5.74) is 6.76. The molecule has 0 aliphatic carbocycles. The van der Waals surface area contributed by atoms with Gasteiger partial charge in [0, 0.05) is 17.8 Å². The minimum atomic E-state index is 1.34. The van der Waals surface area contributed by atoms with Crippen LogP contribution in [0.3, 0.4) is 0 Å². The number of aryl methyl sites for hydroxylation is 4. The molecule has 0 saturated heterocycles. The molecule has 0 aliphatic rings. The van der Waals surface area contributed by atoms with Crippen molar-refractivity contribution in [2.45, 2.75) is 20.8 Å². The van der Waals surface area contributed by atoms with Crippen LogP contribution in [0.25, 0.3) is 21.8 Å². The minimum Gasteiger partial charge on any atom is -0.343 e. The summed E-state index contributed by atoms with van der Waals surface area (Å²) in [6.45, 7) is 6.55. The Morgan fingerprint density at radius 2 is 1.53 bits per heavy atom. The summed E-state index contributed by atoms with van der Waals surface area (Å²) in [6, 6.07) is 11.1. The second-order valence-corrected chi connectivity index (χ2v) is 5.01. The number of nitrogens with zero attached hydrogens (tertiary/aromatic N) is 1. The van der Waals surface area contributed by atoms with E-state index in [1.807, 2.05) is 0 Å². The third-order valence-electron chi connectivity index (χ3n) is 3.64. The fraction of sp³-hybridized carbons (Fsp3) is 0.250. The highest BCUT2D eigenvalue weighted by molar-refractivity contribution is 6.10. The van der Waals surface area contributed by atoms with Crippen molar-refractivity contribution in [3.05, 3.63) is 47.0 Å². The second-order valence-electron chi connectivity index (χ2n) is 5.01. The molecule has 0 amide bonds. The third kappa shape index (κ3) is 1.32. The Morgan fingerprint density at radius 1 is 0.824 bits per heavy atom. The van der Waals surface area contributed by atoms with E-state index >= 15 is 0 Å². The smallest absolute Gasteiger partial charge is 0.0518 e. The quantitative estimate of drug-likeness (QED) is 0.536. The van der Waals surface area contributed by atoms with E-state index in [1.54, 1.807) is 0 Å². The van der Waals surface area contributed by atoms with Gasteiger partial charge in [-0.25, -0.2) is 0 Å². The highest BCUT2D eigenvalue weighted by Crippen LogP contribution is 2.32. The van der Waals surface area contributed by atoms with Gasteiger partial charge in [-0.3, -0.25) is 0 Å². The van der Waals surface area contributed by atoms with Crippen molar-refractivity contribution in [2.24, 2.45) is 7.05 Å². The van der Waals surface area contributed by atoms with Gasteiger partial charge in [-0.05, 0) is 38.0 Å². The standard InChI is InChI=1S/C16H17N/c1-10-8-12(3)16-14(9-10)13-7-5-6-11(2)15(13)17(16)4/h5-9H,1-4H3. The van der Waals surface area contributed by atoms with Crippen LogP contribution >= 0.6 is 0 Å². The zero-order chi connectivity index (χ0) is 12.2. The molecule has 1 aromatic heterocycles. The van der Waals surface area contributed by atoms with E-state index in [-0.39, 0.29) is 0 Å². The highest BCUT2D eigenvalue weighted by Gasteiger charge is 2.11. The van der Waals surface area contributed by atoms with Gasteiger partial charge in [-0.15, -0.1) is 0 Å². The van der Waals surface area contributed by atoms with E-state index in [1.165, 1.54) is 38.5 Å². The van der Waals surface area contributed by atoms with Crippen molar-refractivity contribution in [1.82, 2.24) is 4.57 Å². The molecule has 3 aromatic rings. The molecule has 0 fully saturated rings. The summed E-state index contributed by atoms with van der Waals surface area (Å²) in [5.74, 6) is 0. The predicted molar refractivity (Wildman–Crippen MR) is 74.6 cm³/mol. The molecule has 0 atom stereocenters. The molecule has 0 aliphatic heterocycles. The van der Waals surface area contributed by atoms with Crippen LogP contribution < -0.4 is 0 Å². The Kier molecular flexibility index (Phi) is 2.06. The third-order valence-corrected chi connectivity index (χ3v) is 3.64. The number of aromatic nitrogens is 1. The largest absolute Gasteiger partial charge is 0.343 e. The summed E-state index contributed by atoms with van der Waals surface area (Å²) in [6.07, 6.45) is 0. The summed E-state index contributed by atoms with van der Waals surface area (Å²) < 4.78 is 2.33. The fourth-order valence-electron chi connectivity index (χ4n) is 3.04. The summed E-state index contributed by atoms with van der Waals surface area (Å²) in [5, 5.41) is 2.75. The van der Waals surface area contributed by atoms with Crippen LogP contribution in [0.5, 0.6) is 0 Å². The van der Waals surface area contributed by atoms with E-state index in [0.29, 0.717) is 0 Å². The van der Waals surface area contributed by atoms with E-state index in [9.17, 15) is 0 Å². The first-order chi connectivity index (χ1) is 8.09. The minimum absolute atomic E-state index is 1.34. The first kappa shape index (κ1) is 10.4. The van der Waals surface area contributed by atoms with Gasteiger partial charge in [0.15, 0.2) is 0 Å². The van der Waals surface area contributed by atoms with Gasteiger partial charge in [-0.2, -0.15) is 0 Å². The van der Waals surface area contributed by atoms with Gasteiger partial charge in [0.2, 0.25) is 0 Å². The average Bonchev–Trinajstić information content (AvgIpc) is 2.54. The normalized spacial score (nSPS) is 11.5. The molecule has 1 nitrogen and oxygen atoms in total. The maximum absolute atomic E-state index is 2.33. The Morgan fingerprint density at radius 3 is 2.29 bits per heavy atom. The van der Waals surface area contributed by atoms with Crippen LogP contribution in [-0.2, 0) is 7.05 Å². The van der Waals surface area contributed by atoms with Crippen LogP contribution in [0.1, 0.15) is 16.7 Å². The molecule has 1 heterocycles. The zero-order valence-electron chi connectivity index (χ0n) is 10.8. The lowest BCUT2D eigenvalue weighted by atomic mass is 10.1. The molecule has 2 aromatic carbocycles. The number of benzene rings is 2. The predicted octanol–water partition coefficient (Wildman–Crippen LogP) is 4.26. The monoisotopic (exact) mass is 223 g/mol. The Hall–Kier alpha value is -1.76. The van der Waals surface area contributed by atoms with E-state index in [0.717, 1.165) is 0 Å². The SMILES string of the molecule is Cc1cc(C)c2c(c1)c1cccc(C)c1n2C. The number of fused-ring (bicyclic) bond motifs is 3. The van der Waals surface area contributed by atoms with E-state index in [2.05, 4.69) is 62.7 Å². The molecule has 1 heteroatoms. The Labute approximate surface area is 102 Å². The Bertz CT molecular complexity index is 732. The van der Waals surface area contributed by atoms with Crippen LogP contribution in [-0.4, -0.2) is 4.57 Å². The zero-order valence-corrected chi connectivity index (χ0v) is 10.8. The molecular formula is C16H17N. The number of hydrogen-bond donors (Lipinski definition) is 0. The van der Waals surface area contributed by atoms with E-state index < -0.39 is 0 Å². The molecule has 3 rings (SSSR count). The van der Waals surface area contributed by atoms with Gasteiger partial charge in [0.05, 0.1) is 11.0 Å². The number of para-hydroxylation sites is 1. The van der Waals surface area contributed by atoms with Crippen LogP contribution in [0.2, 0.25) is 0 Å². The van der Waals surface area contributed by atoms with Crippen molar-refractivity contribution in [1.29, 1.82) is 0 Å². The van der Waals surface area contributed by atoms with Gasteiger partial charge in [0.1, 0.15) is 0 Å². The highest BCUT2D eigenvalue weighted by atomic mass is 14.9. The van der Waals surface area contributed by atoms with Crippen molar-refractivity contribution in [2.75, 3.05) is 0 Å². The maximum Gasteiger partial charge on any atom is 0.0518 e. The molecule has 0 saturated carbocycles. The van der Waals surface area contributed by atoms with Crippen LogP contribution in [0.4, 0.5) is 0 Å². The average molecular weight is 223 g/mol. The number of hydrogen-bond acceptors (Lipinski definition) is 0. The molecule has 0 bridgehead atoms. The Balaban J connectivity index is 2.68. The van der Waals surface area contributed by atoms with Crippen LogP contribution in [0, 0.1) is 20.8 Å². The summed E-state index contributed by atoms with van der Waals surface area (Å²) in [4.78, 5) is 0. The van der Waals surface area contributed by atoms with Gasteiger partial charge < -0.3 is 4.57 Å². The fourth-order valence-corrected chi connectivity index (χ4v) is 3.04. The first-order valence-electron chi connectivity index (χ1n) is 6.04. The van der Waals surface area contributed by atoms with Crippen molar-refractivity contribution in [3.63, 3.8) is 0 Å². The van der Waals surface area contributed by atoms with Crippen molar-refractivity contribution >= 4 is 21.8 Å². The van der Waals surface area contributed by atoms with Crippen molar-refractivity contribution in [3.8, 4) is 0 Å². The first-order valence-corrected chi connectivity index (χ1v) is 6.04. The molecule has 17 heavy (non-hydrogen) atoms. The molecule has 0 unspecified atom stereocenters. The lowest BCUT2D eigenvalue weighted by molar-refractivity contribution is 1.00. The molecular weight excluding hydrogens is 206 g/mol. The topological polar surface area (TPSA) is 4.93 Å². The summed E-state index contributed by atoms with van der Waals surface area (Å²) >= 11 is 0. The van der Waals surface area contributed by atoms with Gasteiger partial charge >= 0.3 is 0 Å². The van der Waals surface area contributed by atoms with Crippen molar-refractivity contribution < 1.29 is 0 Å². The lowest BCUT2D eigenvalue weighted by Gasteiger charge is -2.03. The molecule has 86 valence electrons.